The molecule has 1 fully saturated rings. The number of nitro groups is 1. The first kappa shape index (κ1) is 15.2. The van der Waals surface area contributed by atoms with Gasteiger partial charge in [0.05, 0.1) is 9.95 Å². The van der Waals surface area contributed by atoms with E-state index in [4.69, 9.17) is 11.6 Å². The Morgan fingerprint density at radius 2 is 2.20 bits per heavy atom. The Morgan fingerprint density at radius 3 is 2.80 bits per heavy atom. The summed E-state index contributed by atoms with van der Waals surface area (Å²) in [6.45, 7) is 3.15. The quantitative estimate of drug-likeness (QED) is 0.668. The zero-order valence-corrected chi connectivity index (χ0v) is 12.3. The van der Waals surface area contributed by atoms with Crippen molar-refractivity contribution in [3.63, 3.8) is 0 Å². The van der Waals surface area contributed by atoms with E-state index in [2.05, 4.69) is 5.32 Å². The van der Waals surface area contributed by atoms with Crippen LogP contribution in [0.15, 0.2) is 23.1 Å². The summed E-state index contributed by atoms with van der Waals surface area (Å²) in [7, 11) is -3.84. The van der Waals surface area contributed by atoms with Gasteiger partial charge in [0.25, 0.3) is 5.69 Å². The lowest BCUT2D eigenvalue weighted by atomic mass is 10.3. The summed E-state index contributed by atoms with van der Waals surface area (Å²) in [4.78, 5) is 9.91. The number of non-ortho nitro benzene ring substituents is 1. The fourth-order valence-electron chi connectivity index (χ4n) is 2.11. The number of nitrogens with zero attached hydrogens (tertiary/aromatic N) is 2. The van der Waals surface area contributed by atoms with E-state index >= 15 is 0 Å². The van der Waals surface area contributed by atoms with Gasteiger partial charge in [-0.25, -0.2) is 8.42 Å². The summed E-state index contributed by atoms with van der Waals surface area (Å²) in [5, 5.41) is 13.8. The minimum atomic E-state index is -3.84. The lowest BCUT2D eigenvalue weighted by molar-refractivity contribution is -0.385. The lowest BCUT2D eigenvalue weighted by Gasteiger charge is -2.32. The zero-order valence-electron chi connectivity index (χ0n) is 10.7. The van der Waals surface area contributed by atoms with Crippen molar-refractivity contribution in [3.05, 3.63) is 33.3 Å². The first-order chi connectivity index (χ1) is 9.34. The van der Waals surface area contributed by atoms with Crippen LogP contribution in [0, 0.1) is 10.1 Å². The van der Waals surface area contributed by atoms with E-state index in [-0.39, 0.29) is 21.6 Å². The van der Waals surface area contributed by atoms with Gasteiger partial charge in [0.15, 0.2) is 0 Å². The van der Waals surface area contributed by atoms with Crippen molar-refractivity contribution in [1.82, 2.24) is 9.62 Å². The van der Waals surface area contributed by atoms with Crippen LogP contribution in [0.2, 0.25) is 5.02 Å². The molecule has 0 bridgehead atoms. The largest absolute Gasteiger partial charge is 0.314 e. The van der Waals surface area contributed by atoms with Crippen LogP contribution in [0.4, 0.5) is 5.69 Å². The molecule has 1 aliphatic rings. The average molecular weight is 320 g/mol. The lowest BCUT2D eigenvalue weighted by Crippen LogP contribution is -2.52. The maximum absolute atomic E-state index is 12.6. The van der Waals surface area contributed by atoms with E-state index < -0.39 is 14.9 Å². The molecule has 0 aromatic heterocycles. The molecule has 20 heavy (non-hydrogen) atoms. The topological polar surface area (TPSA) is 92.6 Å². The molecular weight excluding hydrogens is 306 g/mol. The normalized spacial score (nSPS) is 20.8. The SMILES string of the molecule is C[C@@H]1CNCCN1S(=O)(=O)c1cc([N+](=O)[O-])ccc1Cl. The van der Waals surface area contributed by atoms with Gasteiger partial charge in [-0.1, -0.05) is 11.6 Å². The summed E-state index contributed by atoms with van der Waals surface area (Å²) in [5.41, 5.74) is -0.296. The molecule has 9 heteroatoms. The van der Waals surface area contributed by atoms with Crippen LogP contribution < -0.4 is 5.32 Å². The number of hydrogen-bond acceptors (Lipinski definition) is 5. The Bertz CT molecular complexity index is 635. The highest BCUT2D eigenvalue weighted by Gasteiger charge is 2.33. The molecule has 110 valence electrons. The second kappa shape index (κ2) is 5.65. The molecule has 2 rings (SSSR count). The molecule has 0 aliphatic carbocycles. The van der Waals surface area contributed by atoms with Gasteiger partial charge in [-0.3, -0.25) is 10.1 Å². The van der Waals surface area contributed by atoms with Crippen LogP contribution in [-0.4, -0.2) is 43.3 Å². The number of hydrogen-bond donors (Lipinski definition) is 1. The minimum Gasteiger partial charge on any atom is -0.314 e. The summed E-state index contributed by atoms with van der Waals surface area (Å²) in [5.74, 6) is 0. The Kier molecular flexibility index (Phi) is 4.28. The molecule has 1 heterocycles. The van der Waals surface area contributed by atoms with Gasteiger partial charge in [0.1, 0.15) is 4.90 Å². The molecule has 1 aliphatic heterocycles. The maximum atomic E-state index is 12.6. The molecule has 0 amide bonds. The first-order valence-electron chi connectivity index (χ1n) is 6.00. The van der Waals surface area contributed by atoms with Crippen LogP contribution in [-0.2, 0) is 10.0 Å². The van der Waals surface area contributed by atoms with E-state index in [9.17, 15) is 18.5 Å². The third-order valence-corrected chi connectivity index (χ3v) is 5.65. The smallest absolute Gasteiger partial charge is 0.270 e. The van der Waals surface area contributed by atoms with Crippen molar-refractivity contribution >= 4 is 27.3 Å². The summed E-state index contributed by atoms with van der Waals surface area (Å²) >= 11 is 5.91. The van der Waals surface area contributed by atoms with E-state index in [0.29, 0.717) is 19.6 Å². The predicted octanol–water partition coefficient (Wildman–Crippen LogP) is 1.23. The van der Waals surface area contributed by atoms with Crippen LogP contribution in [0.25, 0.3) is 0 Å². The van der Waals surface area contributed by atoms with Crippen molar-refractivity contribution in [2.45, 2.75) is 17.9 Å². The maximum Gasteiger partial charge on any atom is 0.270 e. The van der Waals surface area contributed by atoms with Gasteiger partial charge >= 0.3 is 0 Å². The van der Waals surface area contributed by atoms with Crippen LogP contribution in [0.1, 0.15) is 6.92 Å². The van der Waals surface area contributed by atoms with Gasteiger partial charge in [-0.05, 0) is 13.0 Å². The number of benzene rings is 1. The molecule has 1 atom stereocenters. The van der Waals surface area contributed by atoms with E-state index in [0.717, 1.165) is 6.07 Å². The Hall–Kier alpha value is -1.22. The molecule has 1 saturated heterocycles. The monoisotopic (exact) mass is 319 g/mol. The number of piperazine rings is 1. The van der Waals surface area contributed by atoms with E-state index in [1.54, 1.807) is 6.92 Å². The second-order valence-electron chi connectivity index (χ2n) is 4.54. The fraction of sp³-hybridized carbons (Fsp3) is 0.455. The molecule has 0 unspecified atom stereocenters. The van der Waals surface area contributed by atoms with Crippen molar-refractivity contribution in [2.75, 3.05) is 19.6 Å². The summed E-state index contributed by atoms with van der Waals surface area (Å²) < 4.78 is 26.5. The summed E-state index contributed by atoms with van der Waals surface area (Å²) in [6.07, 6.45) is 0. The molecule has 1 aromatic rings. The van der Waals surface area contributed by atoms with Gasteiger partial charge in [-0.2, -0.15) is 4.31 Å². The van der Waals surface area contributed by atoms with Crippen LogP contribution in [0.3, 0.4) is 0 Å². The summed E-state index contributed by atoms with van der Waals surface area (Å²) in [6, 6.07) is 3.19. The standard InChI is InChI=1S/C11H14ClN3O4S/c1-8-7-13-4-5-14(8)20(18,19)11-6-9(15(16)17)2-3-10(11)12/h2-3,6,8,13H,4-5,7H2,1H3/t8-/m1/s1. The molecule has 7 nitrogen and oxygen atoms in total. The average Bonchev–Trinajstić information content (AvgIpc) is 2.39. The Balaban J connectivity index is 2.48. The highest BCUT2D eigenvalue weighted by atomic mass is 35.5. The number of halogens is 1. The molecule has 0 saturated carbocycles. The molecular formula is C11H14ClN3O4S. The number of nitrogens with one attached hydrogen (secondary N) is 1. The molecule has 1 aromatic carbocycles. The number of sulfonamides is 1. The van der Waals surface area contributed by atoms with Crippen molar-refractivity contribution in [2.24, 2.45) is 0 Å². The highest BCUT2D eigenvalue weighted by molar-refractivity contribution is 7.89. The minimum absolute atomic E-state index is 0.0127. The number of rotatable bonds is 3. The number of nitro benzene ring substituents is 1. The van der Waals surface area contributed by atoms with Gasteiger partial charge in [-0.15, -0.1) is 0 Å². The van der Waals surface area contributed by atoms with E-state index in [1.807, 2.05) is 0 Å². The van der Waals surface area contributed by atoms with Crippen molar-refractivity contribution < 1.29 is 13.3 Å². The molecule has 0 radical (unpaired) electrons. The zero-order chi connectivity index (χ0) is 14.9. The Morgan fingerprint density at radius 1 is 1.50 bits per heavy atom. The fourth-order valence-corrected chi connectivity index (χ4v) is 4.24. The van der Waals surface area contributed by atoms with Crippen LogP contribution >= 0.6 is 11.6 Å². The van der Waals surface area contributed by atoms with Gasteiger partial charge in [0.2, 0.25) is 10.0 Å². The van der Waals surface area contributed by atoms with Crippen molar-refractivity contribution in [1.29, 1.82) is 0 Å². The van der Waals surface area contributed by atoms with E-state index in [1.165, 1.54) is 16.4 Å². The van der Waals surface area contributed by atoms with Gasteiger partial charge < -0.3 is 5.32 Å². The third-order valence-electron chi connectivity index (χ3n) is 3.15. The Labute approximate surface area is 121 Å². The highest BCUT2D eigenvalue weighted by Crippen LogP contribution is 2.29. The van der Waals surface area contributed by atoms with Crippen molar-refractivity contribution in [3.8, 4) is 0 Å². The third kappa shape index (κ3) is 2.78. The molecule has 0 spiro atoms. The van der Waals surface area contributed by atoms with Gasteiger partial charge in [0, 0.05) is 37.8 Å². The predicted molar refractivity (Wildman–Crippen MR) is 74.3 cm³/mol. The molecule has 1 N–H and O–H groups in total. The second-order valence-corrected chi connectivity index (χ2v) is 6.81. The first-order valence-corrected chi connectivity index (χ1v) is 7.82. The van der Waals surface area contributed by atoms with Crippen LogP contribution in [0.5, 0.6) is 0 Å².